The van der Waals surface area contributed by atoms with Crippen molar-refractivity contribution in [1.82, 2.24) is 0 Å². The van der Waals surface area contributed by atoms with Gasteiger partial charge in [0, 0.05) is 11.5 Å². The first kappa shape index (κ1) is 11.1. The Labute approximate surface area is 89.0 Å². The average Bonchev–Trinajstić information content (AvgIpc) is 2.27. The zero-order chi connectivity index (χ0) is 11.1. The van der Waals surface area contributed by atoms with Gasteiger partial charge in [-0.25, -0.2) is 4.79 Å². The lowest BCUT2D eigenvalue weighted by atomic mass is 10.2. The summed E-state index contributed by atoms with van der Waals surface area (Å²) < 4.78 is 9.70. The number of esters is 1. The molecule has 3 heteroatoms. The molecule has 0 saturated heterocycles. The van der Waals surface area contributed by atoms with Gasteiger partial charge < -0.3 is 9.47 Å². The fraction of sp³-hybridized carbons (Fsp3) is 0.250. The third-order valence-electron chi connectivity index (χ3n) is 1.65. The van der Waals surface area contributed by atoms with Gasteiger partial charge in [0.25, 0.3) is 0 Å². The van der Waals surface area contributed by atoms with Crippen molar-refractivity contribution in [2.24, 2.45) is 0 Å². The first-order valence-electron chi connectivity index (χ1n) is 4.59. The van der Waals surface area contributed by atoms with Crippen molar-refractivity contribution in [1.29, 1.82) is 0 Å². The largest absolute Gasteiger partial charge is 0.497 e. The van der Waals surface area contributed by atoms with Gasteiger partial charge in [0.2, 0.25) is 0 Å². The minimum Gasteiger partial charge on any atom is -0.497 e. The maximum absolute atomic E-state index is 10.9. The Hall–Kier alpha value is -1.95. The maximum atomic E-state index is 10.9. The van der Waals surface area contributed by atoms with Gasteiger partial charge in [-0.3, -0.25) is 0 Å². The van der Waals surface area contributed by atoms with Gasteiger partial charge in [-0.1, -0.05) is 12.0 Å². The van der Waals surface area contributed by atoms with E-state index in [1.54, 1.807) is 26.2 Å². The molecule has 1 rings (SSSR count). The maximum Gasteiger partial charge on any atom is 0.384 e. The SMILES string of the molecule is CCOC(=O)C#Cc1cccc(OC)c1. The number of rotatable bonds is 2. The Balaban J connectivity index is 2.75. The van der Waals surface area contributed by atoms with Gasteiger partial charge in [0.05, 0.1) is 13.7 Å². The van der Waals surface area contributed by atoms with E-state index < -0.39 is 5.97 Å². The molecule has 1 aromatic carbocycles. The molecular weight excluding hydrogens is 192 g/mol. The lowest BCUT2D eigenvalue weighted by molar-refractivity contribution is -0.136. The standard InChI is InChI=1S/C12H12O3/c1-3-15-12(13)8-7-10-5-4-6-11(9-10)14-2/h4-6,9H,3H2,1-2H3. The number of hydrogen-bond donors (Lipinski definition) is 0. The molecular formula is C12H12O3. The van der Waals surface area contributed by atoms with Crippen LogP contribution in [0.3, 0.4) is 0 Å². The molecule has 0 bridgehead atoms. The molecule has 1 aromatic rings. The van der Waals surface area contributed by atoms with E-state index in [4.69, 9.17) is 4.74 Å². The summed E-state index contributed by atoms with van der Waals surface area (Å²) in [6, 6.07) is 7.19. The van der Waals surface area contributed by atoms with Crippen LogP contribution < -0.4 is 4.74 Å². The minimum absolute atomic E-state index is 0.339. The van der Waals surface area contributed by atoms with Crippen LogP contribution in [0.2, 0.25) is 0 Å². The van der Waals surface area contributed by atoms with Gasteiger partial charge in [-0.05, 0) is 25.1 Å². The second-order valence-corrected chi connectivity index (χ2v) is 2.70. The van der Waals surface area contributed by atoms with Crippen LogP contribution in [0.25, 0.3) is 0 Å². The van der Waals surface area contributed by atoms with Crippen molar-refractivity contribution in [2.45, 2.75) is 6.92 Å². The molecule has 0 radical (unpaired) electrons. The highest BCUT2D eigenvalue weighted by Gasteiger charge is 1.94. The summed E-state index contributed by atoms with van der Waals surface area (Å²) >= 11 is 0. The van der Waals surface area contributed by atoms with E-state index >= 15 is 0 Å². The van der Waals surface area contributed by atoms with Crippen molar-refractivity contribution in [3.63, 3.8) is 0 Å². The highest BCUT2D eigenvalue weighted by atomic mass is 16.5. The second-order valence-electron chi connectivity index (χ2n) is 2.70. The normalized spacial score (nSPS) is 8.67. The Morgan fingerprint density at radius 3 is 2.93 bits per heavy atom. The van der Waals surface area contributed by atoms with Gasteiger partial charge in [-0.2, -0.15) is 0 Å². The highest BCUT2D eigenvalue weighted by molar-refractivity contribution is 5.89. The van der Waals surface area contributed by atoms with Gasteiger partial charge in [-0.15, -0.1) is 0 Å². The summed E-state index contributed by atoms with van der Waals surface area (Å²) in [6.45, 7) is 2.08. The third-order valence-corrected chi connectivity index (χ3v) is 1.65. The Bertz CT molecular complexity index is 399. The third kappa shape index (κ3) is 3.74. The van der Waals surface area contributed by atoms with Crippen LogP contribution in [0.15, 0.2) is 24.3 Å². The molecule has 0 aliphatic heterocycles. The predicted molar refractivity (Wildman–Crippen MR) is 56.5 cm³/mol. The van der Waals surface area contributed by atoms with Crippen LogP contribution in [0.4, 0.5) is 0 Å². The summed E-state index contributed by atoms with van der Waals surface area (Å²) in [5, 5.41) is 0. The molecule has 0 amide bonds. The molecule has 3 nitrogen and oxygen atoms in total. The molecule has 0 aliphatic carbocycles. The van der Waals surface area contributed by atoms with E-state index in [1.807, 2.05) is 12.1 Å². The first-order valence-corrected chi connectivity index (χ1v) is 4.59. The Kier molecular flexibility index (Phi) is 4.24. The summed E-state index contributed by atoms with van der Waals surface area (Å²) in [7, 11) is 1.58. The van der Waals surface area contributed by atoms with Crippen molar-refractivity contribution >= 4 is 5.97 Å². The minimum atomic E-state index is -0.514. The van der Waals surface area contributed by atoms with E-state index in [9.17, 15) is 4.79 Å². The summed E-state index contributed by atoms with van der Waals surface area (Å²) in [5.41, 5.74) is 0.724. The molecule has 0 aliphatic rings. The predicted octanol–water partition coefficient (Wildman–Crippen LogP) is 1.61. The van der Waals surface area contributed by atoms with Crippen LogP contribution in [0, 0.1) is 11.8 Å². The van der Waals surface area contributed by atoms with Crippen LogP contribution in [-0.2, 0) is 9.53 Å². The summed E-state index contributed by atoms with van der Waals surface area (Å²) in [4.78, 5) is 10.9. The Morgan fingerprint density at radius 1 is 1.47 bits per heavy atom. The van der Waals surface area contributed by atoms with Gasteiger partial charge >= 0.3 is 5.97 Å². The average molecular weight is 204 g/mol. The van der Waals surface area contributed by atoms with E-state index in [-0.39, 0.29) is 0 Å². The molecule has 0 unspecified atom stereocenters. The molecule has 78 valence electrons. The van der Waals surface area contributed by atoms with Crippen molar-refractivity contribution in [2.75, 3.05) is 13.7 Å². The zero-order valence-electron chi connectivity index (χ0n) is 8.74. The quantitative estimate of drug-likeness (QED) is 0.542. The van der Waals surface area contributed by atoms with E-state index in [0.717, 1.165) is 5.56 Å². The lowest BCUT2D eigenvalue weighted by Crippen LogP contribution is -1.99. The summed E-state index contributed by atoms with van der Waals surface area (Å²) in [5.74, 6) is 5.28. The van der Waals surface area contributed by atoms with E-state index in [0.29, 0.717) is 12.4 Å². The van der Waals surface area contributed by atoms with E-state index in [1.165, 1.54) is 0 Å². The van der Waals surface area contributed by atoms with Crippen LogP contribution in [0.1, 0.15) is 12.5 Å². The zero-order valence-corrected chi connectivity index (χ0v) is 8.74. The fourth-order valence-electron chi connectivity index (χ4n) is 0.991. The number of benzene rings is 1. The molecule has 0 heterocycles. The summed E-state index contributed by atoms with van der Waals surface area (Å²) in [6.07, 6.45) is 0. The molecule has 0 aromatic heterocycles. The Morgan fingerprint density at radius 2 is 2.27 bits per heavy atom. The first-order chi connectivity index (χ1) is 7.26. The molecule has 0 fully saturated rings. The molecule has 0 saturated carbocycles. The van der Waals surface area contributed by atoms with Crippen molar-refractivity contribution < 1.29 is 14.3 Å². The smallest absolute Gasteiger partial charge is 0.384 e. The molecule has 0 atom stereocenters. The number of hydrogen-bond acceptors (Lipinski definition) is 3. The van der Waals surface area contributed by atoms with Gasteiger partial charge in [0.1, 0.15) is 5.75 Å². The fourth-order valence-corrected chi connectivity index (χ4v) is 0.991. The molecule has 0 N–H and O–H groups in total. The monoisotopic (exact) mass is 204 g/mol. The van der Waals surface area contributed by atoms with E-state index in [2.05, 4.69) is 16.6 Å². The van der Waals surface area contributed by atoms with Crippen LogP contribution >= 0.6 is 0 Å². The van der Waals surface area contributed by atoms with Gasteiger partial charge in [0.15, 0.2) is 0 Å². The lowest BCUT2D eigenvalue weighted by Gasteiger charge is -1.98. The van der Waals surface area contributed by atoms with Crippen LogP contribution in [0.5, 0.6) is 5.75 Å². The number of ether oxygens (including phenoxy) is 2. The highest BCUT2D eigenvalue weighted by Crippen LogP contribution is 2.11. The van der Waals surface area contributed by atoms with Crippen molar-refractivity contribution in [3.05, 3.63) is 29.8 Å². The van der Waals surface area contributed by atoms with Crippen LogP contribution in [-0.4, -0.2) is 19.7 Å². The van der Waals surface area contributed by atoms with Crippen molar-refractivity contribution in [3.8, 4) is 17.6 Å². The molecule has 15 heavy (non-hydrogen) atoms. The second kappa shape index (κ2) is 5.71. The number of carbonyl (C=O) groups is 1. The topological polar surface area (TPSA) is 35.5 Å². The number of methoxy groups -OCH3 is 1. The molecule has 0 spiro atoms. The number of carbonyl (C=O) groups excluding carboxylic acids is 1.